The summed E-state index contributed by atoms with van der Waals surface area (Å²) in [6.45, 7) is 2.49. The maximum atomic E-state index is 12.8. The Morgan fingerprint density at radius 3 is 2.42 bits per heavy atom. The molecule has 0 atom stereocenters. The number of ether oxygens (including phenoxy) is 1. The van der Waals surface area contributed by atoms with Crippen molar-refractivity contribution in [2.24, 2.45) is 0 Å². The summed E-state index contributed by atoms with van der Waals surface area (Å²) < 4.78 is 18.2. The van der Waals surface area contributed by atoms with E-state index in [4.69, 9.17) is 4.74 Å². The van der Waals surface area contributed by atoms with Crippen LogP contribution in [0.1, 0.15) is 0 Å². The van der Waals surface area contributed by atoms with Crippen LogP contribution in [0, 0.1) is 5.82 Å². The number of nitrogens with zero attached hydrogens (tertiary/aromatic N) is 2. The number of carbonyl (C=O) groups is 1. The van der Waals surface area contributed by atoms with E-state index in [1.165, 1.54) is 30.3 Å². The number of benzene rings is 1. The van der Waals surface area contributed by atoms with Gasteiger partial charge in [0.1, 0.15) is 11.6 Å². The highest BCUT2D eigenvalue weighted by molar-refractivity contribution is 5.78. The molecule has 0 aliphatic carbocycles. The Labute approximate surface area is 138 Å². The summed E-state index contributed by atoms with van der Waals surface area (Å²) >= 11 is 0. The van der Waals surface area contributed by atoms with Crippen LogP contribution in [0.4, 0.5) is 10.1 Å². The predicted octanol–water partition coefficient (Wildman–Crippen LogP) is 1.24. The number of rotatable bonds is 4. The van der Waals surface area contributed by atoms with Crippen LogP contribution in [0.15, 0.2) is 47.4 Å². The quantitative estimate of drug-likeness (QED) is 0.915. The third-order valence-electron chi connectivity index (χ3n) is 3.94. The van der Waals surface area contributed by atoms with Crippen LogP contribution in [0.25, 0.3) is 0 Å². The van der Waals surface area contributed by atoms with Crippen LogP contribution < -0.4 is 15.2 Å². The lowest BCUT2D eigenvalue weighted by atomic mass is 10.2. The lowest BCUT2D eigenvalue weighted by molar-refractivity contribution is -0.133. The Bertz CT molecular complexity index is 732. The molecule has 0 saturated carbocycles. The Hall–Kier alpha value is -2.83. The van der Waals surface area contributed by atoms with Crippen LogP contribution in [-0.2, 0) is 4.79 Å². The first-order valence-electron chi connectivity index (χ1n) is 7.72. The number of anilines is 1. The van der Waals surface area contributed by atoms with Gasteiger partial charge in [-0.15, -0.1) is 0 Å². The monoisotopic (exact) mass is 331 g/mol. The maximum absolute atomic E-state index is 12.8. The number of hydrogen-bond donors (Lipinski definition) is 1. The van der Waals surface area contributed by atoms with Gasteiger partial charge >= 0.3 is 0 Å². The second-order valence-electron chi connectivity index (χ2n) is 5.52. The molecule has 24 heavy (non-hydrogen) atoms. The lowest BCUT2D eigenvalue weighted by Gasteiger charge is -2.35. The fourth-order valence-electron chi connectivity index (χ4n) is 2.58. The number of aromatic nitrogens is 1. The standard InChI is InChI=1S/C17H18FN3O3/c18-13-1-4-15(5-2-13)24-12-17(23)21-9-7-20(8-10-21)14-3-6-16(22)19-11-14/h1-6,11H,7-10,12H2,(H,19,22). The molecule has 1 saturated heterocycles. The zero-order chi connectivity index (χ0) is 16.9. The summed E-state index contributed by atoms with van der Waals surface area (Å²) in [7, 11) is 0. The van der Waals surface area contributed by atoms with Crippen molar-refractivity contribution in [3.8, 4) is 5.75 Å². The molecule has 0 spiro atoms. The van der Waals surface area contributed by atoms with Gasteiger partial charge in [0.2, 0.25) is 5.56 Å². The fraction of sp³-hybridized carbons (Fsp3) is 0.294. The molecule has 7 heteroatoms. The van der Waals surface area contributed by atoms with Gasteiger partial charge in [0.25, 0.3) is 5.91 Å². The summed E-state index contributed by atoms with van der Waals surface area (Å²) in [6, 6.07) is 8.84. The van der Waals surface area contributed by atoms with Crippen LogP contribution >= 0.6 is 0 Å². The average Bonchev–Trinajstić information content (AvgIpc) is 2.62. The van der Waals surface area contributed by atoms with E-state index in [2.05, 4.69) is 9.88 Å². The summed E-state index contributed by atoms with van der Waals surface area (Å²) in [5, 5.41) is 0. The molecular weight excluding hydrogens is 313 g/mol. The number of carbonyl (C=O) groups excluding carboxylic acids is 1. The van der Waals surface area contributed by atoms with Gasteiger partial charge in [-0.3, -0.25) is 9.59 Å². The van der Waals surface area contributed by atoms with Crippen LogP contribution in [-0.4, -0.2) is 48.6 Å². The average molecular weight is 331 g/mol. The molecule has 1 aliphatic rings. The summed E-state index contributed by atoms with van der Waals surface area (Å²) in [5.41, 5.74) is 0.801. The Morgan fingerprint density at radius 2 is 1.79 bits per heavy atom. The molecule has 2 aromatic rings. The van der Waals surface area contributed by atoms with Crippen molar-refractivity contribution in [2.45, 2.75) is 0 Å². The fourth-order valence-corrected chi connectivity index (χ4v) is 2.58. The van der Waals surface area contributed by atoms with Gasteiger partial charge in [-0.1, -0.05) is 0 Å². The minimum atomic E-state index is -0.341. The number of piperazine rings is 1. The van der Waals surface area contributed by atoms with E-state index in [-0.39, 0.29) is 23.9 Å². The molecule has 1 fully saturated rings. The van der Waals surface area contributed by atoms with E-state index in [0.717, 1.165) is 5.69 Å². The van der Waals surface area contributed by atoms with Crippen molar-refractivity contribution in [1.82, 2.24) is 9.88 Å². The molecule has 6 nitrogen and oxygen atoms in total. The number of pyridine rings is 1. The number of halogens is 1. The smallest absolute Gasteiger partial charge is 0.260 e. The maximum Gasteiger partial charge on any atom is 0.260 e. The predicted molar refractivity (Wildman–Crippen MR) is 87.8 cm³/mol. The number of amides is 1. The minimum absolute atomic E-state index is 0.0652. The van der Waals surface area contributed by atoms with Crippen molar-refractivity contribution in [2.75, 3.05) is 37.7 Å². The molecule has 1 amide bonds. The van der Waals surface area contributed by atoms with Gasteiger partial charge < -0.3 is 19.5 Å². The number of aromatic amines is 1. The van der Waals surface area contributed by atoms with Gasteiger partial charge in [-0.2, -0.15) is 0 Å². The van der Waals surface area contributed by atoms with Crippen molar-refractivity contribution >= 4 is 11.6 Å². The van der Waals surface area contributed by atoms with Gasteiger partial charge in [-0.25, -0.2) is 4.39 Å². The molecule has 3 rings (SSSR count). The molecule has 0 bridgehead atoms. The van der Waals surface area contributed by atoms with Crippen molar-refractivity contribution in [3.63, 3.8) is 0 Å². The number of H-pyrrole nitrogens is 1. The van der Waals surface area contributed by atoms with Crippen LogP contribution in [0.3, 0.4) is 0 Å². The van der Waals surface area contributed by atoms with E-state index in [1.54, 1.807) is 17.2 Å². The van der Waals surface area contributed by atoms with Crippen LogP contribution in [0.2, 0.25) is 0 Å². The van der Waals surface area contributed by atoms with Crippen LogP contribution in [0.5, 0.6) is 5.75 Å². The summed E-state index contributed by atoms with van der Waals surface area (Å²) in [5.74, 6) is 0.0316. The molecule has 2 heterocycles. The molecule has 1 aliphatic heterocycles. The highest BCUT2D eigenvalue weighted by atomic mass is 19.1. The SMILES string of the molecule is O=C(COc1ccc(F)cc1)N1CCN(c2ccc(=O)[nH]c2)CC1. The van der Waals surface area contributed by atoms with E-state index in [9.17, 15) is 14.0 Å². The topological polar surface area (TPSA) is 65.6 Å². The Morgan fingerprint density at radius 1 is 1.08 bits per heavy atom. The second-order valence-corrected chi connectivity index (χ2v) is 5.52. The van der Waals surface area contributed by atoms with Crippen molar-refractivity contribution in [3.05, 3.63) is 58.8 Å². The largest absolute Gasteiger partial charge is 0.484 e. The van der Waals surface area contributed by atoms with Gasteiger partial charge in [-0.05, 0) is 30.3 Å². The molecule has 126 valence electrons. The second kappa shape index (κ2) is 7.16. The zero-order valence-corrected chi connectivity index (χ0v) is 13.1. The van der Waals surface area contributed by atoms with Crippen molar-refractivity contribution in [1.29, 1.82) is 0 Å². The molecule has 1 aromatic heterocycles. The number of hydrogen-bond acceptors (Lipinski definition) is 4. The summed E-state index contributed by atoms with van der Waals surface area (Å²) in [6.07, 6.45) is 1.68. The normalized spacial score (nSPS) is 14.5. The van der Waals surface area contributed by atoms with E-state index >= 15 is 0 Å². The third-order valence-corrected chi connectivity index (χ3v) is 3.94. The Kier molecular flexibility index (Phi) is 4.79. The highest BCUT2D eigenvalue weighted by Crippen LogP contribution is 2.14. The van der Waals surface area contributed by atoms with Gasteiger partial charge in [0.15, 0.2) is 6.61 Å². The molecule has 1 aromatic carbocycles. The first kappa shape index (κ1) is 16.0. The minimum Gasteiger partial charge on any atom is -0.484 e. The third kappa shape index (κ3) is 3.92. The summed E-state index contributed by atoms with van der Waals surface area (Å²) in [4.78, 5) is 29.8. The van der Waals surface area contributed by atoms with Gasteiger partial charge in [0.05, 0.1) is 5.69 Å². The Balaban J connectivity index is 1.48. The van der Waals surface area contributed by atoms with E-state index < -0.39 is 0 Å². The molecule has 0 unspecified atom stereocenters. The first-order valence-corrected chi connectivity index (χ1v) is 7.72. The van der Waals surface area contributed by atoms with E-state index in [1.807, 2.05) is 0 Å². The number of nitrogens with one attached hydrogen (secondary N) is 1. The zero-order valence-electron chi connectivity index (χ0n) is 13.1. The van der Waals surface area contributed by atoms with Crippen molar-refractivity contribution < 1.29 is 13.9 Å². The molecular formula is C17H18FN3O3. The highest BCUT2D eigenvalue weighted by Gasteiger charge is 2.21. The lowest BCUT2D eigenvalue weighted by Crippen LogP contribution is -2.50. The first-order chi connectivity index (χ1) is 11.6. The molecule has 0 radical (unpaired) electrons. The molecule has 1 N–H and O–H groups in total. The van der Waals surface area contributed by atoms with E-state index in [0.29, 0.717) is 31.9 Å². The van der Waals surface area contributed by atoms with Gasteiger partial charge in [0, 0.05) is 38.4 Å².